The number of hydrogen-bond acceptors (Lipinski definition) is 4. The number of carbonyl (C=O) groups is 1. The molecule has 7 heteroatoms. The van der Waals surface area contributed by atoms with Crippen LogP contribution in [-0.4, -0.2) is 38.3 Å². The zero-order chi connectivity index (χ0) is 18.1. The van der Waals surface area contributed by atoms with Crippen LogP contribution >= 0.6 is 0 Å². The first-order chi connectivity index (χ1) is 12.6. The average molecular weight is 374 g/mol. The van der Waals surface area contributed by atoms with Crippen LogP contribution in [0, 0.1) is 0 Å². The number of fused-ring (bicyclic) bond motifs is 1. The fourth-order valence-corrected chi connectivity index (χ4v) is 5.09. The maximum absolute atomic E-state index is 13.0. The van der Waals surface area contributed by atoms with Gasteiger partial charge >= 0.3 is 0 Å². The number of hydrogen-bond donors (Lipinski definition) is 0. The van der Waals surface area contributed by atoms with Crippen LogP contribution in [0.2, 0.25) is 0 Å². The summed E-state index contributed by atoms with van der Waals surface area (Å²) in [7, 11) is -3.65. The largest absolute Gasteiger partial charge is 0.438 e. The van der Waals surface area contributed by atoms with E-state index < -0.39 is 10.0 Å². The molecule has 0 saturated carbocycles. The van der Waals surface area contributed by atoms with Crippen molar-refractivity contribution in [1.82, 2.24) is 4.31 Å². The van der Waals surface area contributed by atoms with Crippen LogP contribution in [-0.2, 0) is 16.4 Å². The third-order valence-electron chi connectivity index (χ3n) is 5.06. The van der Waals surface area contributed by atoms with Crippen molar-refractivity contribution in [3.05, 3.63) is 47.7 Å². The summed E-state index contributed by atoms with van der Waals surface area (Å²) in [6.45, 7) is 1.61. The molecule has 1 amide bonds. The van der Waals surface area contributed by atoms with Crippen LogP contribution in [0.4, 0.5) is 5.69 Å². The van der Waals surface area contributed by atoms with Crippen LogP contribution in [0.3, 0.4) is 0 Å². The monoisotopic (exact) mass is 374 g/mol. The number of para-hydroxylation sites is 1. The number of anilines is 1. The summed E-state index contributed by atoms with van der Waals surface area (Å²) in [6.07, 6.45) is 4.58. The van der Waals surface area contributed by atoms with Crippen molar-refractivity contribution >= 4 is 21.6 Å². The van der Waals surface area contributed by atoms with Crippen LogP contribution in [0.1, 0.15) is 41.8 Å². The quantitative estimate of drug-likeness (QED) is 0.828. The van der Waals surface area contributed by atoms with Gasteiger partial charge in [0.25, 0.3) is 15.9 Å². The Bertz CT molecular complexity index is 913. The van der Waals surface area contributed by atoms with Gasteiger partial charge in [0.15, 0.2) is 5.76 Å². The second kappa shape index (κ2) is 6.89. The number of nitrogens with zero attached hydrogens (tertiary/aromatic N) is 2. The van der Waals surface area contributed by atoms with Crippen molar-refractivity contribution < 1.29 is 17.6 Å². The molecule has 2 aliphatic rings. The SMILES string of the molecule is O=C(c1ccc(S(=O)(=O)N2CCCC2)o1)N1CCCCc2ccccc21. The third kappa shape index (κ3) is 3.05. The summed E-state index contributed by atoms with van der Waals surface area (Å²) in [4.78, 5) is 14.7. The predicted octanol–water partition coefficient (Wildman–Crippen LogP) is 3.05. The molecule has 26 heavy (non-hydrogen) atoms. The van der Waals surface area contributed by atoms with E-state index in [1.54, 1.807) is 4.90 Å². The number of carbonyl (C=O) groups excluding carboxylic acids is 1. The Morgan fingerprint density at radius 2 is 1.65 bits per heavy atom. The highest BCUT2D eigenvalue weighted by atomic mass is 32.2. The lowest BCUT2D eigenvalue weighted by molar-refractivity contribution is 0.0955. The molecule has 0 bridgehead atoms. The van der Waals surface area contributed by atoms with Crippen LogP contribution in [0.5, 0.6) is 0 Å². The van der Waals surface area contributed by atoms with E-state index in [9.17, 15) is 13.2 Å². The fraction of sp³-hybridized carbons (Fsp3) is 0.421. The summed E-state index contributed by atoms with van der Waals surface area (Å²) < 4.78 is 32.1. The predicted molar refractivity (Wildman–Crippen MR) is 97.8 cm³/mol. The van der Waals surface area contributed by atoms with Crippen molar-refractivity contribution in [3.8, 4) is 0 Å². The summed E-state index contributed by atoms with van der Waals surface area (Å²) in [5.41, 5.74) is 2.02. The van der Waals surface area contributed by atoms with Gasteiger partial charge in [0.1, 0.15) is 0 Å². The number of amides is 1. The molecule has 2 aromatic rings. The topological polar surface area (TPSA) is 70.8 Å². The molecule has 6 nitrogen and oxygen atoms in total. The van der Waals surface area contributed by atoms with Gasteiger partial charge in [0, 0.05) is 25.3 Å². The molecule has 0 radical (unpaired) electrons. The molecule has 3 heterocycles. The Balaban J connectivity index is 1.63. The van der Waals surface area contributed by atoms with Gasteiger partial charge in [-0.3, -0.25) is 4.79 Å². The van der Waals surface area contributed by atoms with E-state index in [4.69, 9.17) is 4.42 Å². The first kappa shape index (κ1) is 17.3. The smallest absolute Gasteiger partial charge is 0.294 e. The van der Waals surface area contributed by atoms with Crippen LogP contribution in [0.25, 0.3) is 0 Å². The van der Waals surface area contributed by atoms with E-state index in [2.05, 4.69) is 0 Å². The molecule has 2 aliphatic heterocycles. The van der Waals surface area contributed by atoms with Gasteiger partial charge in [-0.15, -0.1) is 0 Å². The molecule has 1 aromatic heterocycles. The number of rotatable bonds is 3. The molecule has 0 atom stereocenters. The lowest BCUT2D eigenvalue weighted by Gasteiger charge is -2.21. The molecule has 1 saturated heterocycles. The molecule has 138 valence electrons. The average Bonchev–Trinajstić information content (AvgIpc) is 3.30. The fourth-order valence-electron chi connectivity index (χ4n) is 3.66. The van der Waals surface area contributed by atoms with Gasteiger partial charge in [0.05, 0.1) is 0 Å². The number of benzene rings is 1. The van der Waals surface area contributed by atoms with E-state index in [0.29, 0.717) is 19.6 Å². The summed E-state index contributed by atoms with van der Waals surface area (Å²) in [5.74, 6) is -0.221. The second-order valence-electron chi connectivity index (χ2n) is 6.77. The van der Waals surface area contributed by atoms with Crippen molar-refractivity contribution in [2.24, 2.45) is 0 Å². The van der Waals surface area contributed by atoms with E-state index in [-0.39, 0.29) is 16.8 Å². The zero-order valence-electron chi connectivity index (χ0n) is 14.6. The molecule has 0 unspecified atom stereocenters. The molecular weight excluding hydrogens is 352 g/mol. The van der Waals surface area contributed by atoms with E-state index in [1.807, 2.05) is 24.3 Å². The summed E-state index contributed by atoms with van der Waals surface area (Å²) in [6, 6.07) is 10.7. The van der Waals surface area contributed by atoms with Crippen LogP contribution < -0.4 is 4.90 Å². The van der Waals surface area contributed by atoms with Gasteiger partial charge in [-0.1, -0.05) is 18.2 Å². The van der Waals surface area contributed by atoms with Gasteiger partial charge in [-0.25, -0.2) is 8.42 Å². The lowest BCUT2D eigenvalue weighted by atomic mass is 10.1. The number of sulfonamides is 1. The van der Waals surface area contributed by atoms with E-state index >= 15 is 0 Å². The molecule has 4 rings (SSSR count). The van der Waals surface area contributed by atoms with Gasteiger partial charge in [0.2, 0.25) is 5.09 Å². The zero-order valence-corrected chi connectivity index (χ0v) is 15.4. The molecule has 0 N–H and O–H groups in total. The highest BCUT2D eigenvalue weighted by molar-refractivity contribution is 7.89. The Labute approximate surface area is 153 Å². The van der Waals surface area contributed by atoms with E-state index in [1.165, 1.54) is 16.4 Å². The Kier molecular flexibility index (Phi) is 4.58. The second-order valence-corrected chi connectivity index (χ2v) is 8.64. The molecule has 0 aliphatic carbocycles. The molecule has 1 aromatic carbocycles. The third-order valence-corrected chi connectivity index (χ3v) is 6.83. The highest BCUT2D eigenvalue weighted by Gasteiger charge is 2.32. The molecular formula is C19H22N2O4S. The lowest BCUT2D eigenvalue weighted by Crippen LogP contribution is -2.31. The Morgan fingerprint density at radius 3 is 2.46 bits per heavy atom. The van der Waals surface area contributed by atoms with E-state index in [0.717, 1.165) is 43.4 Å². The summed E-state index contributed by atoms with van der Waals surface area (Å²) in [5, 5.41) is -0.147. The van der Waals surface area contributed by atoms with Crippen molar-refractivity contribution in [1.29, 1.82) is 0 Å². The van der Waals surface area contributed by atoms with Crippen molar-refractivity contribution in [2.45, 2.75) is 37.2 Å². The van der Waals surface area contributed by atoms with Gasteiger partial charge in [-0.05, 0) is 55.9 Å². The standard InChI is InChI=1S/C19H22N2O4S/c22-19(21-14-4-3-8-15-7-1-2-9-16(15)21)17-10-11-18(25-17)26(23,24)20-12-5-6-13-20/h1-2,7,9-11H,3-6,8,12-14H2. The minimum atomic E-state index is -3.65. The molecule has 1 fully saturated rings. The first-order valence-electron chi connectivity index (χ1n) is 9.07. The minimum absolute atomic E-state index is 0.0690. The summed E-state index contributed by atoms with van der Waals surface area (Å²) >= 11 is 0. The maximum atomic E-state index is 13.0. The van der Waals surface area contributed by atoms with Crippen molar-refractivity contribution in [3.63, 3.8) is 0 Å². The first-order valence-corrected chi connectivity index (χ1v) is 10.5. The van der Waals surface area contributed by atoms with Gasteiger partial charge in [-0.2, -0.15) is 4.31 Å². The van der Waals surface area contributed by atoms with Gasteiger partial charge < -0.3 is 9.32 Å². The Hall–Kier alpha value is -2.12. The minimum Gasteiger partial charge on any atom is -0.438 e. The number of aryl methyl sites for hydroxylation is 1. The highest BCUT2D eigenvalue weighted by Crippen LogP contribution is 2.29. The Morgan fingerprint density at radius 1 is 0.923 bits per heavy atom. The molecule has 0 spiro atoms. The maximum Gasteiger partial charge on any atom is 0.294 e. The number of furan rings is 1. The normalized spacial score (nSPS) is 18.5. The van der Waals surface area contributed by atoms with Crippen LogP contribution in [0.15, 0.2) is 45.9 Å². The van der Waals surface area contributed by atoms with Crippen molar-refractivity contribution in [2.75, 3.05) is 24.5 Å².